The molecule has 0 spiro atoms. The van der Waals surface area contributed by atoms with Gasteiger partial charge in [-0.25, -0.2) is 4.39 Å². The molecule has 0 bridgehead atoms. The maximum atomic E-state index is 14.8. The zero-order valence-corrected chi connectivity index (χ0v) is 17.3. The van der Waals surface area contributed by atoms with E-state index in [1.165, 1.54) is 24.4 Å². The van der Waals surface area contributed by atoms with E-state index in [4.69, 9.17) is 9.84 Å². The van der Waals surface area contributed by atoms with E-state index in [9.17, 15) is 22.4 Å². The maximum absolute atomic E-state index is 14.8. The van der Waals surface area contributed by atoms with Crippen molar-refractivity contribution in [2.24, 2.45) is 5.92 Å². The number of aliphatic carboxylic acids is 1. The van der Waals surface area contributed by atoms with Crippen molar-refractivity contribution in [1.82, 2.24) is 4.98 Å². The lowest BCUT2D eigenvalue weighted by Crippen LogP contribution is -2.09. The predicted octanol–water partition coefficient (Wildman–Crippen LogP) is 6.16. The molecule has 3 atom stereocenters. The quantitative estimate of drug-likeness (QED) is 0.466. The number of ether oxygens (including phenoxy) is 1. The molecular weight excluding hydrogens is 438 g/mol. The van der Waals surface area contributed by atoms with Crippen molar-refractivity contribution in [2.75, 3.05) is 0 Å². The Morgan fingerprint density at radius 1 is 1.06 bits per heavy atom. The summed E-state index contributed by atoms with van der Waals surface area (Å²) in [5.41, 5.74) is 1.13. The fourth-order valence-electron chi connectivity index (χ4n) is 4.69. The molecule has 0 saturated heterocycles. The molecule has 1 saturated carbocycles. The van der Waals surface area contributed by atoms with Crippen LogP contribution in [0.1, 0.15) is 47.1 Å². The topological polar surface area (TPSA) is 59.4 Å². The van der Waals surface area contributed by atoms with E-state index in [1.807, 2.05) is 0 Å². The van der Waals surface area contributed by atoms with Crippen molar-refractivity contribution in [3.05, 3.63) is 82.9 Å². The normalized spacial score (nSPS) is 21.5. The van der Waals surface area contributed by atoms with Crippen molar-refractivity contribution in [3.63, 3.8) is 0 Å². The minimum atomic E-state index is -4.58. The first-order valence-corrected chi connectivity index (χ1v) is 10.6. The first-order chi connectivity index (χ1) is 15.7. The smallest absolute Gasteiger partial charge is 0.418 e. The summed E-state index contributed by atoms with van der Waals surface area (Å²) < 4.78 is 61.4. The molecule has 1 unspecified atom stereocenters. The molecule has 0 aliphatic heterocycles. The predicted molar refractivity (Wildman–Crippen MR) is 111 cm³/mol. The average Bonchev–Trinajstić information content (AvgIpc) is 3.48. The van der Waals surface area contributed by atoms with Gasteiger partial charge < -0.3 is 9.84 Å². The van der Waals surface area contributed by atoms with Crippen LogP contribution in [0.5, 0.6) is 5.75 Å². The second-order valence-corrected chi connectivity index (χ2v) is 8.41. The summed E-state index contributed by atoms with van der Waals surface area (Å²) >= 11 is 0. The van der Waals surface area contributed by atoms with Crippen LogP contribution in [-0.2, 0) is 17.4 Å². The highest BCUT2D eigenvalue weighted by molar-refractivity contribution is 5.75. The molecule has 0 amide bonds. The fourth-order valence-corrected chi connectivity index (χ4v) is 4.69. The molecule has 2 aliphatic carbocycles. The molecule has 8 heteroatoms. The Labute approximate surface area is 186 Å². The van der Waals surface area contributed by atoms with Gasteiger partial charge in [-0.3, -0.25) is 9.78 Å². The van der Waals surface area contributed by atoms with Gasteiger partial charge in [-0.05, 0) is 71.7 Å². The van der Waals surface area contributed by atoms with Crippen LogP contribution >= 0.6 is 0 Å². The fraction of sp³-hybridized carbons (Fsp3) is 0.280. The highest BCUT2D eigenvalue weighted by Gasteiger charge is 2.44. The van der Waals surface area contributed by atoms with Gasteiger partial charge in [0.15, 0.2) is 0 Å². The lowest BCUT2D eigenvalue weighted by molar-refractivity contribution is -0.139. The van der Waals surface area contributed by atoms with Gasteiger partial charge in [-0.15, -0.1) is 0 Å². The van der Waals surface area contributed by atoms with Gasteiger partial charge in [0.05, 0.1) is 11.5 Å². The summed E-state index contributed by atoms with van der Waals surface area (Å²) in [7, 11) is 0. The highest BCUT2D eigenvalue weighted by Crippen LogP contribution is 2.48. The first kappa shape index (κ1) is 21.4. The maximum Gasteiger partial charge on any atom is 0.418 e. The van der Waals surface area contributed by atoms with Gasteiger partial charge in [0.25, 0.3) is 0 Å². The second kappa shape index (κ2) is 7.86. The largest absolute Gasteiger partial charge is 0.486 e. The van der Waals surface area contributed by atoms with E-state index in [-0.39, 0.29) is 23.0 Å². The van der Waals surface area contributed by atoms with Crippen LogP contribution < -0.4 is 4.74 Å². The molecule has 1 N–H and O–H groups in total. The molecule has 3 aromatic rings. The average molecular weight is 457 g/mol. The Kier molecular flexibility index (Phi) is 5.11. The standard InChI is InChI=1S/C25H19F4NO3/c26-21-7-5-15(16-9-10-30-12-20(16)25(27,28)29)17-6-8-22(23(17)21)33-14-3-1-13(2-4-14)18-11-19(18)24(31)32/h1-5,7,9-10,12,18-19,22H,6,8,11H2,(H,31,32)/t18?,19-,22+/m0/s1. The molecule has 2 aromatic carbocycles. The van der Waals surface area contributed by atoms with Gasteiger partial charge in [0, 0.05) is 18.0 Å². The summed E-state index contributed by atoms with van der Waals surface area (Å²) in [6.07, 6.45) is -1.72. The molecule has 170 valence electrons. The number of fused-ring (bicyclic) bond motifs is 1. The lowest BCUT2D eigenvalue weighted by atomic mass is 9.94. The van der Waals surface area contributed by atoms with E-state index in [1.54, 1.807) is 24.3 Å². The van der Waals surface area contributed by atoms with Crippen LogP contribution in [0.15, 0.2) is 54.9 Å². The number of pyridine rings is 1. The molecule has 33 heavy (non-hydrogen) atoms. The van der Waals surface area contributed by atoms with Crippen LogP contribution in [0.2, 0.25) is 0 Å². The number of rotatable bonds is 5. The molecular formula is C25H19F4NO3. The van der Waals surface area contributed by atoms with Gasteiger partial charge in [-0.2, -0.15) is 13.2 Å². The van der Waals surface area contributed by atoms with Crippen molar-refractivity contribution < 1.29 is 32.2 Å². The third kappa shape index (κ3) is 3.94. The molecule has 1 aromatic heterocycles. The number of halogens is 4. The van der Waals surface area contributed by atoms with Crippen molar-refractivity contribution in [1.29, 1.82) is 0 Å². The Morgan fingerprint density at radius 2 is 1.82 bits per heavy atom. The first-order valence-electron chi connectivity index (χ1n) is 10.6. The monoisotopic (exact) mass is 457 g/mol. The molecule has 4 nitrogen and oxygen atoms in total. The summed E-state index contributed by atoms with van der Waals surface area (Å²) in [5.74, 6) is -1.20. The number of carbonyl (C=O) groups is 1. The number of aromatic nitrogens is 1. The third-order valence-corrected chi connectivity index (χ3v) is 6.39. The minimum Gasteiger partial charge on any atom is -0.486 e. The zero-order chi connectivity index (χ0) is 23.3. The van der Waals surface area contributed by atoms with Gasteiger partial charge in [0.2, 0.25) is 0 Å². The van der Waals surface area contributed by atoms with E-state index in [2.05, 4.69) is 4.98 Å². The Balaban J connectivity index is 1.43. The van der Waals surface area contributed by atoms with Gasteiger partial charge >= 0.3 is 12.1 Å². The number of benzene rings is 2. The zero-order valence-electron chi connectivity index (χ0n) is 17.3. The molecule has 1 fully saturated rings. The summed E-state index contributed by atoms with van der Waals surface area (Å²) in [4.78, 5) is 14.7. The van der Waals surface area contributed by atoms with Crippen LogP contribution in [0.3, 0.4) is 0 Å². The third-order valence-electron chi connectivity index (χ3n) is 6.39. The summed E-state index contributed by atoms with van der Waals surface area (Å²) in [6.45, 7) is 0. The summed E-state index contributed by atoms with van der Waals surface area (Å²) in [6, 6.07) is 10.9. The van der Waals surface area contributed by atoms with Crippen LogP contribution in [0.25, 0.3) is 11.1 Å². The Bertz CT molecular complexity index is 1220. The SMILES string of the molecule is O=C(O)[C@H]1CC1c1ccc(O[C@@H]2CCc3c(-c4ccncc4C(F)(F)F)ccc(F)c32)cc1. The van der Waals surface area contributed by atoms with Crippen molar-refractivity contribution >= 4 is 5.97 Å². The van der Waals surface area contributed by atoms with Crippen molar-refractivity contribution in [3.8, 4) is 16.9 Å². The number of carboxylic acids is 1. The summed E-state index contributed by atoms with van der Waals surface area (Å²) in [5, 5.41) is 9.09. The highest BCUT2D eigenvalue weighted by atomic mass is 19.4. The number of alkyl halides is 3. The van der Waals surface area contributed by atoms with Gasteiger partial charge in [-0.1, -0.05) is 18.2 Å². The van der Waals surface area contributed by atoms with Crippen molar-refractivity contribution in [2.45, 2.75) is 37.5 Å². The lowest BCUT2D eigenvalue weighted by Gasteiger charge is -2.18. The number of hydrogen-bond acceptors (Lipinski definition) is 3. The number of nitrogens with zero attached hydrogens (tertiary/aromatic N) is 1. The molecule has 5 rings (SSSR count). The Morgan fingerprint density at radius 3 is 2.48 bits per heavy atom. The van der Waals surface area contributed by atoms with Gasteiger partial charge in [0.1, 0.15) is 17.7 Å². The minimum absolute atomic E-state index is 0.00745. The Hall–Kier alpha value is -3.42. The van der Waals surface area contributed by atoms with Crippen LogP contribution in [-0.4, -0.2) is 16.1 Å². The van der Waals surface area contributed by atoms with E-state index in [0.29, 0.717) is 36.1 Å². The van der Waals surface area contributed by atoms with E-state index in [0.717, 1.165) is 11.8 Å². The second-order valence-electron chi connectivity index (χ2n) is 8.41. The van der Waals surface area contributed by atoms with Crippen LogP contribution in [0.4, 0.5) is 17.6 Å². The van der Waals surface area contributed by atoms with Crippen LogP contribution in [0, 0.1) is 11.7 Å². The number of hydrogen-bond donors (Lipinski definition) is 1. The molecule has 2 aliphatic rings. The van der Waals surface area contributed by atoms with E-state index >= 15 is 0 Å². The molecule has 1 heterocycles. The molecule has 0 radical (unpaired) electrons. The van der Waals surface area contributed by atoms with E-state index < -0.39 is 29.6 Å². The number of carboxylic acid groups (broad SMARTS) is 1.